The van der Waals surface area contributed by atoms with Gasteiger partial charge in [0.2, 0.25) is 10.0 Å². The van der Waals surface area contributed by atoms with Crippen molar-refractivity contribution in [1.29, 1.82) is 0 Å². The second kappa shape index (κ2) is 5.35. The van der Waals surface area contributed by atoms with Crippen molar-refractivity contribution in [2.24, 2.45) is 0 Å². The van der Waals surface area contributed by atoms with E-state index in [9.17, 15) is 8.42 Å². The number of likely N-dealkylation sites (N-methyl/N-ethyl adjacent to an activating group) is 1. The molecule has 1 fully saturated rings. The van der Waals surface area contributed by atoms with Crippen LogP contribution in [0.1, 0.15) is 18.4 Å². The van der Waals surface area contributed by atoms with Crippen LogP contribution >= 0.6 is 0 Å². The first-order valence-corrected chi connectivity index (χ1v) is 8.61. The van der Waals surface area contributed by atoms with Gasteiger partial charge in [-0.25, -0.2) is 13.1 Å². The molecular formula is C14H21N3O2S. The third-order valence-electron chi connectivity index (χ3n) is 4.28. The number of anilines is 1. The second-order valence-corrected chi connectivity index (χ2v) is 7.39. The van der Waals surface area contributed by atoms with E-state index in [0.29, 0.717) is 17.5 Å². The number of sulfonamides is 1. The molecule has 2 N–H and O–H groups in total. The quantitative estimate of drug-likeness (QED) is 0.871. The van der Waals surface area contributed by atoms with Crippen molar-refractivity contribution in [2.75, 3.05) is 32.0 Å². The maximum atomic E-state index is 12.3. The Kier molecular flexibility index (Phi) is 3.70. The van der Waals surface area contributed by atoms with Gasteiger partial charge < -0.3 is 10.2 Å². The smallest absolute Gasteiger partial charge is 0.240 e. The number of hydrogen-bond donors (Lipinski definition) is 2. The molecule has 1 unspecified atom stereocenters. The van der Waals surface area contributed by atoms with Gasteiger partial charge in [0.25, 0.3) is 0 Å². The van der Waals surface area contributed by atoms with Crippen LogP contribution in [-0.4, -0.2) is 46.0 Å². The van der Waals surface area contributed by atoms with Crippen LogP contribution in [-0.2, 0) is 16.4 Å². The summed E-state index contributed by atoms with van der Waals surface area (Å²) in [6.07, 6.45) is 3.17. The number of likely N-dealkylation sites (tertiary alicyclic amines) is 1. The highest BCUT2D eigenvalue weighted by atomic mass is 32.2. The van der Waals surface area contributed by atoms with Gasteiger partial charge in [-0.05, 0) is 50.6 Å². The molecule has 110 valence electrons. The average molecular weight is 295 g/mol. The molecule has 6 heteroatoms. The number of fused-ring (bicyclic) bond motifs is 1. The highest BCUT2D eigenvalue weighted by Crippen LogP contribution is 2.25. The number of rotatable bonds is 4. The van der Waals surface area contributed by atoms with Gasteiger partial charge in [0.15, 0.2) is 0 Å². The molecule has 3 rings (SSSR count). The van der Waals surface area contributed by atoms with E-state index in [0.717, 1.165) is 38.0 Å². The molecule has 0 saturated carbocycles. The molecule has 0 bridgehead atoms. The Morgan fingerprint density at radius 1 is 1.45 bits per heavy atom. The van der Waals surface area contributed by atoms with E-state index in [1.807, 2.05) is 13.1 Å². The van der Waals surface area contributed by atoms with Gasteiger partial charge in [-0.3, -0.25) is 0 Å². The summed E-state index contributed by atoms with van der Waals surface area (Å²) in [4.78, 5) is 2.57. The monoisotopic (exact) mass is 295 g/mol. The van der Waals surface area contributed by atoms with Crippen molar-refractivity contribution < 1.29 is 8.42 Å². The normalized spacial score (nSPS) is 22.8. The van der Waals surface area contributed by atoms with Crippen LogP contribution < -0.4 is 10.0 Å². The Morgan fingerprint density at radius 3 is 3.05 bits per heavy atom. The zero-order chi connectivity index (χ0) is 14.2. The number of hydrogen-bond acceptors (Lipinski definition) is 4. The highest BCUT2D eigenvalue weighted by molar-refractivity contribution is 7.89. The van der Waals surface area contributed by atoms with Gasteiger partial charge >= 0.3 is 0 Å². The Hall–Kier alpha value is -1.11. The molecule has 1 atom stereocenters. The highest BCUT2D eigenvalue weighted by Gasteiger charge is 2.24. The van der Waals surface area contributed by atoms with E-state index in [1.165, 1.54) is 5.56 Å². The average Bonchev–Trinajstić information content (AvgIpc) is 3.04. The van der Waals surface area contributed by atoms with Crippen molar-refractivity contribution in [3.8, 4) is 0 Å². The van der Waals surface area contributed by atoms with Gasteiger partial charge in [-0.15, -0.1) is 0 Å². The van der Waals surface area contributed by atoms with E-state index in [1.54, 1.807) is 12.1 Å². The van der Waals surface area contributed by atoms with Gasteiger partial charge in [0.05, 0.1) is 4.90 Å². The third kappa shape index (κ3) is 2.68. The van der Waals surface area contributed by atoms with Crippen LogP contribution in [0.5, 0.6) is 0 Å². The standard InChI is InChI=1S/C14H21N3O2S/c1-17-8-2-3-12(17)10-16-20(18,19)13-5-4-11-6-7-15-14(11)9-13/h4-5,9,12,15-16H,2-3,6-8,10H2,1H3. The molecule has 5 nitrogen and oxygen atoms in total. The summed E-state index contributed by atoms with van der Waals surface area (Å²) in [6.45, 7) is 2.43. The van der Waals surface area contributed by atoms with Gasteiger partial charge in [0, 0.05) is 24.8 Å². The molecule has 0 aromatic heterocycles. The third-order valence-corrected chi connectivity index (χ3v) is 5.70. The Bertz CT molecular complexity index is 600. The molecule has 2 aliphatic rings. The van der Waals surface area contributed by atoms with Crippen LogP contribution in [0.25, 0.3) is 0 Å². The van der Waals surface area contributed by atoms with Crippen molar-refractivity contribution in [2.45, 2.75) is 30.2 Å². The molecule has 0 aliphatic carbocycles. The van der Waals surface area contributed by atoms with Crippen molar-refractivity contribution in [3.63, 3.8) is 0 Å². The predicted molar refractivity (Wildman–Crippen MR) is 79.5 cm³/mol. The number of nitrogens with zero attached hydrogens (tertiary/aromatic N) is 1. The summed E-state index contributed by atoms with van der Waals surface area (Å²) in [6, 6.07) is 5.67. The minimum absolute atomic E-state index is 0.317. The molecule has 2 aliphatic heterocycles. The van der Waals surface area contributed by atoms with E-state index < -0.39 is 10.0 Å². The summed E-state index contributed by atoms with van der Waals surface area (Å²) in [7, 11) is -1.36. The molecule has 0 spiro atoms. The van der Waals surface area contributed by atoms with Gasteiger partial charge in [-0.1, -0.05) is 6.07 Å². The minimum atomic E-state index is -3.41. The molecule has 1 aromatic carbocycles. The van der Waals surface area contributed by atoms with Gasteiger partial charge in [-0.2, -0.15) is 0 Å². The maximum Gasteiger partial charge on any atom is 0.240 e. The molecule has 1 aromatic rings. The fourth-order valence-electron chi connectivity index (χ4n) is 2.96. The zero-order valence-electron chi connectivity index (χ0n) is 11.7. The second-order valence-electron chi connectivity index (χ2n) is 5.62. The topological polar surface area (TPSA) is 61.4 Å². The molecule has 1 saturated heterocycles. The summed E-state index contributed by atoms with van der Waals surface area (Å²) in [5, 5.41) is 3.22. The maximum absolute atomic E-state index is 12.3. The number of benzene rings is 1. The summed E-state index contributed by atoms with van der Waals surface area (Å²) >= 11 is 0. The lowest BCUT2D eigenvalue weighted by Gasteiger charge is -2.19. The lowest BCUT2D eigenvalue weighted by atomic mass is 10.2. The number of nitrogens with one attached hydrogen (secondary N) is 2. The first kappa shape index (κ1) is 13.9. The van der Waals surface area contributed by atoms with Crippen LogP contribution in [0.2, 0.25) is 0 Å². The molecular weight excluding hydrogens is 274 g/mol. The van der Waals surface area contributed by atoms with Crippen LogP contribution in [0, 0.1) is 0 Å². The molecule has 20 heavy (non-hydrogen) atoms. The fourth-order valence-corrected chi connectivity index (χ4v) is 4.06. The van der Waals surface area contributed by atoms with Gasteiger partial charge in [0.1, 0.15) is 0 Å². The molecule has 0 amide bonds. The fraction of sp³-hybridized carbons (Fsp3) is 0.571. The molecule has 2 heterocycles. The van der Waals surface area contributed by atoms with E-state index in [4.69, 9.17) is 0 Å². The Morgan fingerprint density at radius 2 is 2.30 bits per heavy atom. The van der Waals surface area contributed by atoms with Crippen LogP contribution in [0.3, 0.4) is 0 Å². The van der Waals surface area contributed by atoms with Crippen LogP contribution in [0.4, 0.5) is 5.69 Å². The SMILES string of the molecule is CN1CCCC1CNS(=O)(=O)c1ccc2c(c1)NCC2. The lowest BCUT2D eigenvalue weighted by molar-refractivity contribution is 0.311. The largest absolute Gasteiger partial charge is 0.384 e. The summed E-state index contributed by atoms with van der Waals surface area (Å²) in [5.74, 6) is 0. The van der Waals surface area contributed by atoms with Crippen molar-refractivity contribution >= 4 is 15.7 Å². The predicted octanol–water partition coefficient (Wildman–Crippen LogP) is 1.03. The van der Waals surface area contributed by atoms with E-state index in [2.05, 4.69) is 14.9 Å². The van der Waals surface area contributed by atoms with E-state index >= 15 is 0 Å². The van der Waals surface area contributed by atoms with Crippen molar-refractivity contribution in [3.05, 3.63) is 23.8 Å². The molecule has 0 radical (unpaired) electrons. The first-order chi connectivity index (χ1) is 9.56. The Labute approximate surface area is 120 Å². The zero-order valence-corrected chi connectivity index (χ0v) is 12.5. The minimum Gasteiger partial charge on any atom is -0.384 e. The summed E-state index contributed by atoms with van der Waals surface area (Å²) in [5.41, 5.74) is 2.14. The Balaban J connectivity index is 1.71. The first-order valence-electron chi connectivity index (χ1n) is 7.13. The van der Waals surface area contributed by atoms with E-state index in [-0.39, 0.29) is 0 Å². The van der Waals surface area contributed by atoms with Crippen molar-refractivity contribution in [1.82, 2.24) is 9.62 Å². The summed E-state index contributed by atoms with van der Waals surface area (Å²) < 4.78 is 27.4. The van der Waals surface area contributed by atoms with Crippen LogP contribution in [0.15, 0.2) is 23.1 Å². The lowest BCUT2D eigenvalue weighted by Crippen LogP contribution is -2.38.